The number of rotatable bonds is 3. The quantitative estimate of drug-likeness (QED) is 0.804. The topological polar surface area (TPSA) is 79.1 Å². The molecule has 2 aromatic heterocycles. The first-order chi connectivity index (χ1) is 10.1. The summed E-state index contributed by atoms with van der Waals surface area (Å²) in [5, 5.41) is 8.90. The molecule has 0 saturated heterocycles. The van der Waals surface area contributed by atoms with E-state index in [0.29, 0.717) is 33.3 Å². The third-order valence-electron chi connectivity index (χ3n) is 3.11. The van der Waals surface area contributed by atoms with E-state index in [1.54, 1.807) is 30.0 Å². The van der Waals surface area contributed by atoms with Crippen LogP contribution in [0.1, 0.15) is 0 Å². The molecule has 2 heterocycles. The SMILES string of the molecule is COc1ccc(Cl)cc1-c1c(-c2ccn(C)n2)noc1N. The van der Waals surface area contributed by atoms with E-state index in [9.17, 15) is 0 Å². The number of aryl methyl sites for hydroxylation is 1. The molecule has 7 heteroatoms. The normalized spacial score (nSPS) is 10.8. The maximum atomic E-state index is 6.08. The Balaban J connectivity index is 2.24. The number of nitrogens with zero attached hydrogens (tertiary/aromatic N) is 3. The lowest BCUT2D eigenvalue weighted by Crippen LogP contribution is -1.93. The Kier molecular flexibility index (Phi) is 3.31. The zero-order chi connectivity index (χ0) is 15.0. The van der Waals surface area contributed by atoms with Crippen molar-refractivity contribution < 1.29 is 9.26 Å². The van der Waals surface area contributed by atoms with Crippen LogP contribution < -0.4 is 10.5 Å². The molecular weight excluding hydrogens is 292 g/mol. The van der Waals surface area contributed by atoms with Gasteiger partial charge in [-0.1, -0.05) is 16.8 Å². The summed E-state index contributed by atoms with van der Waals surface area (Å²) in [6, 6.07) is 7.11. The summed E-state index contributed by atoms with van der Waals surface area (Å²) in [6.07, 6.45) is 1.82. The van der Waals surface area contributed by atoms with Gasteiger partial charge in [-0.2, -0.15) is 5.10 Å². The number of hydrogen-bond donors (Lipinski definition) is 1. The number of hydrogen-bond acceptors (Lipinski definition) is 5. The molecule has 0 bridgehead atoms. The lowest BCUT2D eigenvalue weighted by molar-refractivity contribution is 0.416. The van der Waals surface area contributed by atoms with Gasteiger partial charge in [-0.3, -0.25) is 4.68 Å². The number of halogens is 1. The molecule has 0 atom stereocenters. The highest BCUT2D eigenvalue weighted by Crippen LogP contribution is 2.41. The molecule has 2 N–H and O–H groups in total. The van der Waals surface area contributed by atoms with Crippen molar-refractivity contribution in [3.05, 3.63) is 35.5 Å². The van der Waals surface area contributed by atoms with E-state index in [2.05, 4.69) is 10.3 Å². The molecule has 3 aromatic rings. The first-order valence-corrected chi connectivity index (χ1v) is 6.57. The molecule has 0 radical (unpaired) electrons. The van der Waals surface area contributed by atoms with Gasteiger partial charge in [-0.05, 0) is 24.3 Å². The molecule has 0 amide bonds. The van der Waals surface area contributed by atoms with Crippen molar-refractivity contribution in [1.82, 2.24) is 14.9 Å². The van der Waals surface area contributed by atoms with Crippen LogP contribution in [0.2, 0.25) is 5.02 Å². The van der Waals surface area contributed by atoms with Crippen LogP contribution >= 0.6 is 11.6 Å². The van der Waals surface area contributed by atoms with Crippen LogP contribution in [0, 0.1) is 0 Å². The molecule has 0 aliphatic heterocycles. The number of nitrogens with two attached hydrogens (primary N) is 1. The van der Waals surface area contributed by atoms with Gasteiger partial charge in [0.2, 0.25) is 5.88 Å². The second kappa shape index (κ2) is 5.14. The van der Waals surface area contributed by atoms with Gasteiger partial charge in [0.25, 0.3) is 0 Å². The first-order valence-electron chi connectivity index (χ1n) is 6.19. The Morgan fingerprint density at radius 1 is 1.33 bits per heavy atom. The maximum Gasteiger partial charge on any atom is 0.230 e. The predicted molar refractivity (Wildman–Crippen MR) is 80.1 cm³/mol. The van der Waals surface area contributed by atoms with E-state index in [1.165, 1.54) is 0 Å². The minimum atomic E-state index is 0.191. The van der Waals surface area contributed by atoms with E-state index < -0.39 is 0 Å². The number of nitrogen functional groups attached to an aromatic ring is 1. The molecule has 108 valence electrons. The minimum Gasteiger partial charge on any atom is -0.496 e. The van der Waals surface area contributed by atoms with Gasteiger partial charge >= 0.3 is 0 Å². The Morgan fingerprint density at radius 2 is 2.14 bits per heavy atom. The molecule has 0 unspecified atom stereocenters. The second-order valence-electron chi connectivity index (χ2n) is 4.49. The minimum absolute atomic E-state index is 0.191. The summed E-state index contributed by atoms with van der Waals surface area (Å²) in [6.45, 7) is 0. The standard InChI is InChI=1S/C14H13ClN4O2/c1-19-6-5-10(17-19)13-12(14(16)21-18-13)9-7-8(15)3-4-11(9)20-2/h3-7H,16H2,1-2H3. The van der Waals surface area contributed by atoms with Gasteiger partial charge in [0.15, 0.2) is 0 Å². The van der Waals surface area contributed by atoms with Gasteiger partial charge in [-0.15, -0.1) is 0 Å². The monoisotopic (exact) mass is 304 g/mol. The van der Waals surface area contributed by atoms with Crippen LogP contribution in [0.3, 0.4) is 0 Å². The molecule has 0 aliphatic carbocycles. The van der Waals surface area contributed by atoms with Gasteiger partial charge < -0.3 is 15.0 Å². The van der Waals surface area contributed by atoms with Crippen LogP contribution in [-0.4, -0.2) is 22.0 Å². The molecule has 6 nitrogen and oxygen atoms in total. The van der Waals surface area contributed by atoms with Crippen LogP contribution in [0.15, 0.2) is 35.0 Å². The maximum absolute atomic E-state index is 6.08. The summed E-state index contributed by atoms with van der Waals surface area (Å²) in [5.74, 6) is 0.822. The van der Waals surface area contributed by atoms with Crippen molar-refractivity contribution in [2.45, 2.75) is 0 Å². The Morgan fingerprint density at radius 3 is 2.81 bits per heavy atom. The van der Waals surface area contributed by atoms with Crippen LogP contribution in [0.4, 0.5) is 5.88 Å². The Hall–Kier alpha value is -2.47. The summed E-state index contributed by atoms with van der Waals surface area (Å²) < 4.78 is 12.2. The number of anilines is 1. The van der Waals surface area contributed by atoms with E-state index in [0.717, 1.165) is 0 Å². The molecular formula is C14H13ClN4O2. The van der Waals surface area contributed by atoms with Crippen molar-refractivity contribution in [3.63, 3.8) is 0 Å². The summed E-state index contributed by atoms with van der Waals surface area (Å²) in [7, 11) is 3.41. The van der Waals surface area contributed by atoms with Crippen LogP contribution in [-0.2, 0) is 7.05 Å². The highest BCUT2D eigenvalue weighted by atomic mass is 35.5. The zero-order valence-electron chi connectivity index (χ0n) is 11.5. The first kappa shape index (κ1) is 13.5. The summed E-state index contributed by atoms with van der Waals surface area (Å²) >= 11 is 6.08. The summed E-state index contributed by atoms with van der Waals surface area (Å²) in [4.78, 5) is 0. The lowest BCUT2D eigenvalue weighted by atomic mass is 10.0. The molecule has 21 heavy (non-hydrogen) atoms. The van der Waals surface area contributed by atoms with Crippen LogP contribution in [0.5, 0.6) is 5.75 Å². The smallest absolute Gasteiger partial charge is 0.230 e. The highest BCUT2D eigenvalue weighted by Gasteiger charge is 2.22. The predicted octanol–water partition coefficient (Wildman–Crippen LogP) is 2.99. The van der Waals surface area contributed by atoms with Crippen molar-refractivity contribution in [2.75, 3.05) is 12.8 Å². The van der Waals surface area contributed by atoms with E-state index in [4.69, 9.17) is 26.6 Å². The molecule has 0 aliphatic rings. The number of methoxy groups -OCH3 is 1. The Bertz CT molecular complexity index is 794. The number of ether oxygens (including phenoxy) is 1. The fourth-order valence-corrected chi connectivity index (χ4v) is 2.33. The van der Waals surface area contributed by atoms with E-state index >= 15 is 0 Å². The fraction of sp³-hybridized carbons (Fsp3) is 0.143. The average molecular weight is 305 g/mol. The number of benzene rings is 1. The van der Waals surface area contributed by atoms with Crippen molar-refractivity contribution in [1.29, 1.82) is 0 Å². The molecule has 0 spiro atoms. The molecule has 0 saturated carbocycles. The zero-order valence-corrected chi connectivity index (χ0v) is 12.3. The van der Waals surface area contributed by atoms with Crippen molar-refractivity contribution in [2.24, 2.45) is 7.05 Å². The van der Waals surface area contributed by atoms with E-state index in [-0.39, 0.29) is 5.88 Å². The summed E-state index contributed by atoms with van der Waals surface area (Å²) in [5.41, 5.74) is 8.47. The second-order valence-corrected chi connectivity index (χ2v) is 4.93. The third kappa shape index (κ3) is 2.34. The van der Waals surface area contributed by atoms with Crippen LogP contribution in [0.25, 0.3) is 22.5 Å². The molecule has 3 rings (SSSR count). The Labute approximate surface area is 126 Å². The number of aromatic nitrogens is 3. The van der Waals surface area contributed by atoms with Gasteiger partial charge in [0.05, 0.1) is 12.7 Å². The lowest BCUT2D eigenvalue weighted by Gasteiger charge is -2.08. The average Bonchev–Trinajstić information content (AvgIpc) is 3.04. The largest absolute Gasteiger partial charge is 0.496 e. The highest BCUT2D eigenvalue weighted by molar-refractivity contribution is 6.31. The van der Waals surface area contributed by atoms with Gasteiger partial charge in [0, 0.05) is 23.8 Å². The van der Waals surface area contributed by atoms with Crippen molar-refractivity contribution >= 4 is 17.5 Å². The molecule has 0 fully saturated rings. The van der Waals surface area contributed by atoms with E-state index in [1.807, 2.05) is 19.3 Å². The van der Waals surface area contributed by atoms with Crippen molar-refractivity contribution in [3.8, 4) is 28.3 Å². The molecule has 1 aromatic carbocycles. The van der Waals surface area contributed by atoms with Gasteiger partial charge in [-0.25, -0.2) is 0 Å². The van der Waals surface area contributed by atoms with Gasteiger partial charge in [0.1, 0.15) is 17.1 Å². The third-order valence-corrected chi connectivity index (χ3v) is 3.34. The fourth-order valence-electron chi connectivity index (χ4n) is 2.15.